The fourth-order valence-electron chi connectivity index (χ4n) is 4.22. The number of hydrogen-bond donors (Lipinski definition) is 2. The molecule has 1 aliphatic heterocycles. The summed E-state index contributed by atoms with van der Waals surface area (Å²) in [6, 6.07) is 6.68. The lowest BCUT2D eigenvalue weighted by molar-refractivity contribution is -0.160. The van der Waals surface area contributed by atoms with Gasteiger partial charge < -0.3 is 19.8 Å². The van der Waals surface area contributed by atoms with Crippen LogP contribution in [0.15, 0.2) is 30.5 Å². The molecule has 0 aliphatic carbocycles. The maximum absolute atomic E-state index is 12.4. The summed E-state index contributed by atoms with van der Waals surface area (Å²) in [6.07, 6.45) is 2.43. The van der Waals surface area contributed by atoms with E-state index in [1.807, 2.05) is 26.8 Å². The van der Waals surface area contributed by atoms with E-state index in [-0.39, 0.29) is 11.0 Å². The van der Waals surface area contributed by atoms with Crippen molar-refractivity contribution in [3.05, 3.63) is 47.3 Å². The molecule has 2 aromatic rings. The SMILES string of the molecule is Cc1ncc(-c2cccc(C(=O)O)c2)c(N2CCC(C)(C)CC2)c1[C@H](OC(C)(C)C)C(=O)O. The Balaban J connectivity index is 2.26. The molecule has 0 radical (unpaired) electrons. The summed E-state index contributed by atoms with van der Waals surface area (Å²) in [7, 11) is 0. The summed E-state index contributed by atoms with van der Waals surface area (Å²) < 4.78 is 6.03. The number of piperidine rings is 1. The first kappa shape index (κ1) is 24.7. The number of aliphatic carboxylic acids is 1. The van der Waals surface area contributed by atoms with Crippen LogP contribution in [0.25, 0.3) is 11.1 Å². The van der Waals surface area contributed by atoms with Gasteiger partial charge in [0.1, 0.15) is 0 Å². The van der Waals surface area contributed by atoms with Crippen molar-refractivity contribution in [3.8, 4) is 11.1 Å². The average Bonchev–Trinajstić information content (AvgIpc) is 2.71. The van der Waals surface area contributed by atoms with E-state index < -0.39 is 23.6 Å². The van der Waals surface area contributed by atoms with Gasteiger partial charge in [0.25, 0.3) is 0 Å². The van der Waals surface area contributed by atoms with Gasteiger partial charge in [-0.1, -0.05) is 26.0 Å². The maximum atomic E-state index is 12.4. The zero-order valence-corrected chi connectivity index (χ0v) is 20.3. The maximum Gasteiger partial charge on any atom is 0.337 e. The quantitative estimate of drug-likeness (QED) is 0.609. The summed E-state index contributed by atoms with van der Waals surface area (Å²) in [5.74, 6) is -2.09. The van der Waals surface area contributed by atoms with Crippen molar-refractivity contribution in [1.29, 1.82) is 0 Å². The Kier molecular flexibility index (Phi) is 6.84. The zero-order chi connectivity index (χ0) is 24.6. The first-order chi connectivity index (χ1) is 15.3. The van der Waals surface area contributed by atoms with Crippen LogP contribution in [-0.4, -0.2) is 45.8 Å². The minimum absolute atomic E-state index is 0.168. The molecule has 3 rings (SSSR count). The molecule has 7 nitrogen and oxygen atoms in total. The Morgan fingerprint density at radius 1 is 1.15 bits per heavy atom. The van der Waals surface area contributed by atoms with E-state index in [2.05, 4.69) is 23.7 Å². The molecule has 0 unspecified atom stereocenters. The standard InChI is InChI=1S/C26H34N2O5/c1-16-20(22(24(31)32)33-25(2,3)4)21(28-12-10-26(5,6)11-13-28)19(15-27-16)17-8-7-9-18(14-17)23(29)30/h7-9,14-15,22H,10-13H2,1-6H3,(H,29,30)(H,31,32)/t22-/m0/s1. The number of carbonyl (C=O) groups is 2. The van der Waals surface area contributed by atoms with Crippen molar-refractivity contribution in [3.63, 3.8) is 0 Å². The molecule has 7 heteroatoms. The van der Waals surface area contributed by atoms with E-state index in [9.17, 15) is 19.8 Å². The number of aryl methyl sites for hydroxylation is 1. The molecule has 0 bridgehead atoms. The molecule has 33 heavy (non-hydrogen) atoms. The van der Waals surface area contributed by atoms with Gasteiger partial charge in [-0.15, -0.1) is 0 Å². The fourth-order valence-corrected chi connectivity index (χ4v) is 4.22. The van der Waals surface area contributed by atoms with Crippen LogP contribution < -0.4 is 4.90 Å². The molecular formula is C26H34N2O5. The highest BCUT2D eigenvalue weighted by Gasteiger charge is 2.35. The number of pyridine rings is 1. The van der Waals surface area contributed by atoms with E-state index in [1.165, 1.54) is 0 Å². The van der Waals surface area contributed by atoms with E-state index in [0.717, 1.165) is 31.6 Å². The van der Waals surface area contributed by atoms with Gasteiger partial charge >= 0.3 is 11.9 Å². The molecule has 1 fully saturated rings. The van der Waals surface area contributed by atoms with Crippen LogP contribution in [0.4, 0.5) is 5.69 Å². The van der Waals surface area contributed by atoms with Gasteiger partial charge in [0, 0.05) is 36.1 Å². The second-order valence-electron chi connectivity index (χ2n) is 10.5. The van der Waals surface area contributed by atoms with E-state index in [4.69, 9.17) is 4.74 Å². The number of rotatable bonds is 6. The second kappa shape index (κ2) is 9.14. The first-order valence-corrected chi connectivity index (χ1v) is 11.3. The number of nitrogens with zero attached hydrogens (tertiary/aromatic N) is 2. The van der Waals surface area contributed by atoms with E-state index in [0.29, 0.717) is 22.4 Å². The Morgan fingerprint density at radius 3 is 2.33 bits per heavy atom. The molecule has 0 spiro atoms. The summed E-state index contributed by atoms with van der Waals surface area (Å²) in [5.41, 5.74) is 2.95. The molecule has 0 saturated carbocycles. The van der Waals surface area contributed by atoms with Crippen LogP contribution in [0.5, 0.6) is 0 Å². The minimum Gasteiger partial charge on any atom is -0.479 e. The molecule has 1 aromatic carbocycles. The lowest BCUT2D eigenvalue weighted by atomic mass is 9.82. The third kappa shape index (κ3) is 5.71. The van der Waals surface area contributed by atoms with Crippen molar-refractivity contribution in [2.45, 2.75) is 66.1 Å². The normalized spacial score (nSPS) is 17.0. The Bertz CT molecular complexity index is 1050. The smallest absolute Gasteiger partial charge is 0.337 e. The summed E-state index contributed by atoms with van der Waals surface area (Å²) in [4.78, 5) is 30.7. The Labute approximate surface area is 195 Å². The number of anilines is 1. The molecule has 1 aliphatic rings. The predicted molar refractivity (Wildman–Crippen MR) is 128 cm³/mol. The molecule has 178 valence electrons. The predicted octanol–water partition coefficient (Wildman–Crippen LogP) is 5.32. The molecule has 1 saturated heterocycles. The van der Waals surface area contributed by atoms with E-state index >= 15 is 0 Å². The van der Waals surface area contributed by atoms with Crippen LogP contribution in [0.2, 0.25) is 0 Å². The molecule has 2 N–H and O–H groups in total. The van der Waals surface area contributed by atoms with Crippen molar-refractivity contribution in [1.82, 2.24) is 4.98 Å². The number of aromatic nitrogens is 1. The summed E-state index contributed by atoms with van der Waals surface area (Å²) in [6.45, 7) is 13.3. The number of ether oxygens (including phenoxy) is 1. The molecular weight excluding hydrogens is 420 g/mol. The lowest BCUT2D eigenvalue weighted by Gasteiger charge is -2.41. The van der Waals surface area contributed by atoms with Crippen LogP contribution in [-0.2, 0) is 9.53 Å². The second-order valence-corrected chi connectivity index (χ2v) is 10.5. The van der Waals surface area contributed by atoms with E-state index in [1.54, 1.807) is 31.3 Å². The highest BCUT2D eigenvalue weighted by atomic mass is 16.5. The van der Waals surface area contributed by atoms with Crippen molar-refractivity contribution in [2.24, 2.45) is 5.41 Å². The Morgan fingerprint density at radius 2 is 1.79 bits per heavy atom. The van der Waals surface area contributed by atoms with Gasteiger partial charge in [-0.2, -0.15) is 0 Å². The van der Waals surface area contributed by atoms with Crippen molar-refractivity contribution < 1.29 is 24.5 Å². The van der Waals surface area contributed by atoms with Crippen molar-refractivity contribution in [2.75, 3.05) is 18.0 Å². The molecule has 0 amide bonds. The third-order valence-electron chi connectivity index (χ3n) is 6.10. The molecule has 1 aromatic heterocycles. The van der Waals surface area contributed by atoms with Crippen LogP contribution in [0.3, 0.4) is 0 Å². The van der Waals surface area contributed by atoms with Gasteiger partial charge in [0.15, 0.2) is 6.10 Å². The highest BCUT2D eigenvalue weighted by molar-refractivity contribution is 5.92. The first-order valence-electron chi connectivity index (χ1n) is 11.3. The largest absolute Gasteiger partial charge is 0.479 e. The van der Waals surface area contributed by atoms with Gasteiger partial charge in [0.05, 0.1) is 16.9 Å². The van der Waals surface area contributed by atoms with Crippen LogP contribution in [0, 0.1) is 12.3 Å². The van der Waals surface area contributed by atoms with Crippen LogP contribution in [0.1, 0.15) is 75.2 Å². The van der Waals surface area contributed by atoms with Gasteiger partial charge in [0.2, 0.25) is 0 Å². The number of benzene rings is 1. The number of carboxylic acid groups (broad SMARTS) is 2. The van der Waals surface area contributed by atoms with Gasteiger partial charge in [-0.3, -0.25) is 4.98 Å². The molecule has 2 heterocycles. The highest BCUT2D eigenvalue weighted by Crippen LogP contribution is 2.43. The monoisotopic (exact) mass is 454 g/mol. The zero-order valence-electron chi connectivity index (χ0n) is 20.3. The third-order valence-corrected chi connectivity index (χ3v) is 6.10. The topological polar surface area (TPSA) is 100.0 Å². The van der Waals surface area contributed by atoms with Gasteiger partial charge in [-0.05, 0) is 63.6 Å². The van der Waals surface area contributed by atoms with Crippen LogP contribution >= 0.6 is 0 Å². The number of hydrogen-bond acceptors (Lipinski definition) is 5. The number of aromatic carboxylic acids is 1. The average molecular weight is 455 g/mol. The summed E-state index contributed by atoms with van der Waals surface area (Å²) in [5, 5.41) is 19.6. The minimum atomic E-state index is -1.20. The number of carboxylic acids is 2. The van der Waals surface area contributed by atoms with Crippen molar-refractivity contribution >= 4 is 17.6 Å². The molecule has 1 atom stereocenters. The Hall–Kier alpha value is -2.93. The summed E-state index contributed by atoms with van der Waals surface area (Å²) >= 11 is 0. The fraction of sp³-hybridized carbons (Fsp3) is 0.500. The lowest BCUT2D eigenvalue weighted by Crippen LogP contribution is -2.39. The van der Waals surface area contributed by atoms with Gasteiger partial charge in [-0.25, -0.2) is 9.59 Å².